The highest BCUT2D eigenvalue weighted by molar-refractivity contribution is 9.10. The van der Waals surface area contributed by atoms with Crippen LogP contribution in [0.1, 0.15) is 10.6 Å². The molecular formula is C14H9Br2N3O2S. The Labute approximate surface area is 147 Å². The fourth-order valence-corrected chi connectivity index (χ4v) is 3.12. The predicted octanol–water partition coefficient (Wildman–Crippen LogP) is 4.60. The van der Waals surface area contributed by atoms with Crippen LogP contribution in [0.15, 0.2) is 50.0 Å². The molecule has 0 bridgehead atoms. The molecule has 0 saturated carbocycles. The SMILES string of the molecule is CN(C(=O)c1ccc(Br)o1)c1nnc(-c2ccc(Br)cc2)s1. The van der Waals surface area contributed by atoms with Crippen molar-refractivity contribution in [1.29, 1.82) is 0 Å². The molecule has 0 radical (unpaired) electrons. The summed E-state index contributed by atoms with van der Waals surface area (Å²) in [5.74, 6) is -0.0287. The smallest absolute Gasteiger partial charge is 0.295 e. The number of carbonyl (C=O) groups is 1. The summed E-state index contributed by atoms with van der Waals surface area (Å²) in [4.78, 5) is 13.7. The minimum Gasteiger partial charge on any atom is -0.444 e. The molecule has 0 aliphatic rings. The summed E-state index contributed by atoms with van der Waals surface area (Å²) in [6.07, 6.45) is 0. The highest BCUT2D eigenvalue weighted by Gasteiger charge is 2.20. The number of halogens is 2. The maximum absolute atomic E-state index is 12.3. The summed E-state index contributed by atoms with van der Waals surface area (Å²) in [7, 11) is 1.64. The number of furan rings is 1. The molecule has 0 saturated heterocycles. The van der Waals surface area contributed by atoms with Gasteiger partial charge in [0, 0.05) is 17.1 Å². The van der Waals surface area contributed by atoms with Gasteiger partial charge in [0.05, 0.1) is 0 Å². The molecule has 0 aliphatic heterocycles. The Hall–Kier alpha value is -1.51. The van der Waals surface area contributed by atoms with Crippen LogP contribution >= 0.6 is 43.2 Å². The van der Waals surface area contributed by atoms with Crippen LogP contribution in [0.25, 0.3) is 10.6 Å². The molecule has 0 atom stereocenters. The Morgan fingerprint density at radius 2 is 1.86 bits per heavy atom. The Morgan fingerprint density at radius 3 is 2.50 bits per heavy atom. The van der Waals surface area contributed by atoms with Gasteiger partial charge in [-0.3, -0.25) is 9.69 Å². The Kier molecular flexibility index (Phi) is 4.42. The molecule has 1 aromatic carbocycles. The van der Waals surface area contributed by atoms with Crippen LogP contribution in [0.3, 0.4) is 0 Å². The summed E-state index contributed by atoms with van der Waals surface area (Å²) in [5, 5.41) is 9.48. The van der Waals surface area contributed by atoms with Crippen LogP contribution in [0.5, 0.6) is 0 Å². The van der Waals surface area contributed by atoms with Crippen molar-refractivity contribution in [3.8, 4) is 10.6 Å². The summed E-state index contributed by atoms with van der Waals surface area (Å²) >= 11 is 7.92. The maximum Gasteiger partial charge on any atom is 0.295 e. The van der Waals surface area contributed by atoms with Gasteiger partial charge in [-0.25, -0.2) is 0 Å². The molecule has 112 valence electrons. The predicted molar refractivity (Wildman–Crippen MR) is 92.2 cm³/mol. The fourth-order valence-electron chi connectivity index (χ4n) is 1.74. The first kappa shape index (κ1) is 15.4. The molecule has 0 N–H and O–H groups in total. The minimum atomic E-state index is -0.274. The van der Waals surface area contributed by atoms with Crippen molar-refractivity contribution < 1.29 is 9.21 Å². The van der Waals surface area contributed by atoms with E-state index in [9.17, 15) is 4.79 Å². The van der Waals surface area contributed by atoms with Crippen molar-refractivity contribution in [2.75, 3.05) is 11.9 Å². The second-order valence-corrected chi connectivity index (χ2v) is 7.02. The first-order valence-electron chi connectivity index (χ1n) is 6.17. The van der Waals surface area contributed by atoms with E-state index in [-0.39, 0.29) is 11.7 Å². The lowest BCUT2D eigenvalue weighted by molar-refractivity contribution is 0.0965. The highest BCUT2D eigenvalue weighted by atomic mass is 79.9. The van der Waals surface area contributed by atoms with Gasteiger partial charge in [0.1, 0.15) is 5.01 Å². The zero-order chi connectivity index (χ0) is 15.7. The number of nitrogens with zero attached hydrogens (tertiary/aromatic N) is 3. The van der Waals surface area contributed by atoms with E-state index in [1.165, 1.54) is 16.2 Å². The molecule has 0 unspecified atom stereocenters. The van der Waals surface area contributed by atoms with E-state index in [4.69, 9.17) is 4.42 Å². The molecule has 3 aromatic rings. The van der Waals surface area contributed by atoms with Crippen LogP contribution in [-0.4, -0.2) is 23.2 Å². The second-order valence-electron chi connectivity index (χ2n) is 4.36. The van der Waals surface area contributed by atoms with Crippen LogP contribution < -0.4 is 4.90 Å². The molecule has 22 heavy (non-hydrogen) atoms. The van der Waals surface area contributed by atoms with E-state index >= 15 is 0 Å². The molecule has 0 fully saturated rings. The number of carbonyl (C=O) groups excluding carboxylic acids is 1. The fraction of sp³-hybridized carbons (Fsp3) is 0.0714. The van der Waals surface area contributed by atoms with Gasteiger partial charge >= 0.3 is 0 Å². The van der Waals surface area contributed by atoms with Gasteiger partial charge in [0.2, 0.25) is 5.13 Å². The first-order chi connectivity index (χ1) is 10.5. The average Bonchev–Trinajstić information content (AvgIpc) is 3.15. The van der Waals surface area contributed by atoms with Crippen molar-refractivity contribution in [1.82, 2.24) is 10.2 Å². The van der Waals surface area contributed by atoms with E-state index in [1.54, 1.807) is 19.2 Å². The standard InChI is InChI=1S/C14H9Br2N3O2S/c1-19(13(20)10-6-7-11(16)21-10)14-18-17-12(22-14)8-2-4-9(15)5-3-8/h2-7H,1H3. The zero-order valence-electron chi connectivity index (χ0n) is 11.3. The molecule has 8 heteroatoms. The monoisotopic (exact) mass is 441 g/mol. The van der Waals surface area contributed by atoms with Gasteiger partial charge in [0.25, 0.3) is 5.91 Å². The number of hydrogen-bond donors (Lipinski definition) is 0. The molecule has 5 nitrogen and oxygen atoms in total. The number of rotatable bonds is 3. The van der Waals surface area contributed by atoms with Gasteiger partial charge in [-0.1, -0.05) is 39.4 Å². The Bertz CT molecular complexity index is 814. The minimum absolute atomic E-state index is 0.245. The number of anilines is 1. The lowest BCUT2D eigenvalue weighted by atomic mass is 10.2. The van der Waals surface area contributed by atoms with Gasteiger partial charge in [-0.2, -0.15) is 0 Å². The van der Waals surface area contributed by atoms with Crippen molar-refractivity contribution >= 4 is 54.2 Å². The maximum atomic E-state index is 12.3. The third kappa shape index (κ3) is 3.13. The molecule has 0 spiro atoms. The number of benzene rings is 1. The Balaban J connectivity index is 1.83. The quantitative estimate of drug-likeness (QED) is 0.594. The number of hydrogen-bond acceptors (Lipinski definition) is 5. The van der Waals surface area contributed by atoms with E-state index < -0.39 is 0 Å². The van der Waals surface area contributed by atoms with E-state index in [2.05, 4.69) is 42.1 Å². The second kappa shape index (κ2) is 6.31. The molecule has 1 amide bonds. The van der Waals surface area contributed by atoms with E-state index in [0.717, 1.165) is 15.0 Å². The molecule has 2 aromatic heterocycles. The first-order valence-corrected chi connectivity index (χ1v) is 8.57. The normalized spacial score (nSPS) is 10.7. The van der Waals surface area contributed by atoms with Crippen LogP contribution in [0.2, 0.25) is 0 Å². The summed E-state index contributed by atoms with van der Waals surface area (Å²) in [5.41, 5.74) is 0.952. The van der Waals surface area contributed by atoms with E-state index in [0.29, 0.717) is 9.80 Å². The van der Waals surface area contributed by atoms with Crippen LogP contribution in [-0.2, 0) is 0 Å². The lowest BCUT2D eigenvalue weighted by Gasteiger charge is -2.10. The third-order valence-electron chi connectivity index (χ3n) is 2.88. The molecule has 3 rings (SSSR count). The molecular weight excluding hydrogens is 434 g/mol. The summed E-state index contributed by atoms with van der Waals surface area (Å²) < 4.78 is 6.78. The average molecular weight is 443 g/mol. The van der Waals surface area contributed by atoms with Gasteiger partial charge in [0.15, 0.2) is 10.4 Å². The van der Waals surface area contributed by atoms with Gasteiger partial charge < -0.3 is 4.42 Å². The van der Waals surface area contributed by atoms with Gasteiger partial charge in [-0.15, -0.1) is 10.2 Å². The van der Waals surface area contributed by atoms with E-state index in [1.807, 2.05) is 24.3 Å². The zero-order valence-corrected chi connectivity index (χ0v) is 15.3. The third-order valence-corrected chi connectivity index (χ3v) is 4.88. The lowest BCUT2D eigenvalue weighted by Crippen LogP contribution is -2.25. The topological polar surface area (TPSA) is 59.2 Å². The highest BCUT2D eigenvalue weighted by Crippen LogP contribution is 2.29. The van der Waals surface area contributed by atoms with Gasteiger partial charge in [-0.05, 0) is 40.2 Å². The summed E-state index contributed by atoms with van der Waals surface area (Å²) in [6, 6.07) is 11.0. The number of aromatic nitrogens is 2. The Morgan fingerprint density at radius 1 is 1.14 bits per heavy atom. The van der Waals surface area contributed by atoms with Crippen LogP contribution in [0, 0.1) is 0 Å². The summed E-state index contributed by atoms with van der Waals surface area (Å²) in [6.45, 7) is 0. The number of amides is 1. The van der Waals surface area contributed by atoms with Crippen molar-refractivity contribution in [3.05, 3.63) is 51.3 Å². The molecule has 2 heterocycles. The largest absolute Gasteiger partial charge is 0.444 e. The molecule has 0 aliphatic carbocycles. The van der Waals surface area contributed by atoms with Crippen molar-refractivity contribution in [2.24, 2.45) is 0 Å². The van der Waals surface area contributed by atoms with Crippen molar-refractivity contribution in [3.63, 3.8) is 0 Å². The van der Waals surface area contributed by atoms with Crippen LogP contribution in [0.4, 0.5) is 5.13 Å². The van der Waals surface area contributed by atoms with Crippen molar-refractivity contribution in [2.45, 2.75) is 0 Å².